The van der Waals surface area contributed by atoms with Gasteiger partial charge in [-0.2, -0.15) is 4.98 Å². The van der Waals surface area contributed by atoms with Crippen LogP contribution in [0, 0.1) is 0 Å². The molecule has 474 valence electrons. The van der Waals surface area contributed by atoms with Crippen molar-refractivity contribution < 1.29 is 28.4 Å². The van der Waals surface area contributed by atoms with Crippen LogP contribution in [-0.2, 0) is 53.7 Å². The number of fused-ring (bicyclic) bond motifs is 6. The maximum absolute atomic E-state index is 13.1. The maximum atomic E-state index is 13.1. The molecular weight excluding hydrogens is 1370 g/mol. The van der Waals surface area contributed by atoms with Gasteiger partial charge in [0.2, 0.25) is 26.3 Å². The number of ether oxygens (including phenoxy) is 6. The van der Waals surface area contributed by atoms with Gasteiger partial charge in [0.25, 0.3) is 16.7 Å². The third-order valence-corrected chi connectivity index (χ3v) is 17.9. The molecule has 2 aliphatic carbocycles. The number of benzene rings is 3. The Morgan fingerprint density at radius 3 is 1.55 bits per heavy atom. The molecule has 3 aromatic carbocycles. The molecule has 2 saturated carbocycles. The predicted octanol–water partition coefficient (Wildman–Crippen LogP) is 8.52. The fourth-order valence-corrected chi connectivity index (χ4v) is 12.4. The van der Waals surface area contributed by atoms with Crippen LogP contribution in [0.15, 0.2) is 74.6 Å². The molecule has 32 heteroatoms. The van der Waals surface area contributed by atoms with Gasteiger partial charge >= 0.3 is 17.1 Å². The second-order valence-electron chi connectivity index (χ2n) is 21.4. The Morgan fingerprint density at radius 2 is 1.03 bits per heavy atom. The lowest BCUT2D eigenvalue weighted by Gasteiger charge is -2.23. The van der Waals surface area contributed by atoms with Gasteiger partial charge < -0.3 is 49.0 Å². The molecule has 89 heavy (non-hydrogen) atoms. The fraction of sp³-hybridized carbons (Fsp3) is 0.421. The molecule has 5 aliphatic rings. The van der Waals surface area contributed by atoms with E-state index in [9.17, 15) is 28.8 Å². The third kappa shape index (κ3) is 13.8. The molecule has 0 unspecified atom stereocenters. The number of hydrogen-bond acceptors (Lipinski definition) is 17. The van der Waals surface area contributed by atoms with E-state index in [0.29, 0.717) is 100 Å². The van der Waals surface area contributed by atoms with Gasteiger partial charge in [0.15, 0.2) is 77.5 Å². The number of hydrogen-bond donors (Lipinski definition) is 4. The molecule has 0 radical (unpaired) electrons. The number of H-pyrrole nitrogens is 2. The summed E-state index contributed by atoms with van der Waals surface area (Å²) >= 11 is 30.9. The lowest BCUT2D eigenvalue weighted by atomic mass is 9.96. The van der Waals surface area contributed by atoms with Crippen molar-refractivity contribution in [2.24, 2.45) is 33.9 Å². The van der Waals surface area contributed by atoms with Crippen molar-refractivity contribution in [3.8, 4) is 34.5 Å². The summed E-state index contributed by atoms with van der Waals surface area (Å²) in [5.41, 5.74) is 7.46. The molecule has 0 bridgehead atoms. The van der Waals surface area contributed by atoms with E-state index in [0.717, 1.165) is 57.3 Å². The highest BCUT2D eigenvalue weighted by Crippen LogP contribution is 2.40. The molecule has 26 nitrogen and oxygen atoms in total. The van der Waals surface area contributed by atoms with E-state index < -0.39 is 22.6 Å². The minimum atomic E-state index is -0.475. The minimum absolute atomic E-state index is 0.149. The molecule has 6 aromatic heterocycles. The number of halogens is 6. The van der Waals surface area contributed by atoms with Crippen LogP contribution in [0.4, 0.5) is 5.95 Å². The molecule has 0 spiro atoms. The zero-order valence-electron chi connectivity index (χ0n) is 48.9. The van der Waals surface area contributed by atoms with Crippen LogP contribution in [0.25, 0.3) is 33.5 Å². The second kappa shape index (κ2) is 27.9. The fourth-order valence-electron chi connectivity index (χ4n) is 10.6. The van der Waals surface area contributed by atoms with Gasteiger partial charge in [-0.15, -0.1) is 11.6 Å². The first-order valence-corrected chi connectivity index (χ1v) is 31.6. The van der Waals surface area contributed by atoms with Crippen LogP contribution in [0.2, 0.25) is 15.1 Å². The molecule has 9 aromatic rings. The van der Waals surface area contributed by atoms with E-state index in [2.05, 4.69) is 62.1 Å². The van der Waals surface area contributed by atoms with Gasteiger partial charge in [-0.25, -0.2) is 24.4 Å². The monoisotopic (exact) mass is 1430 g/mol. The summed E-state index contributed by atoms with van der Waals surface area (Å²) < 4.78 is 42.3. The Labute approximate surface area is 542 Å². The summed E-state index contributed by atoms with van der Waals surface area (Å²) in [5, 5.41) is 5.13. The van der Waals surface area contributed by atoms with Crippen molar-refractivity contribution in [3.05, 3.63) is 140 Å². The van der Waals surface area contributed by atoms with Crippen LogP contribution in [0.5, 0.6) is 34.5 Å². The number of aromatic nitrogens is 12. The highest BCUT2D eigenvalue weighted by atomic mass is 79.9. The number of anilines is 1. The Kier molecular flexibility index (Phi) is 20.3. The molecule has 0 amide bonds. The van der Waals surface area contributed by atoms with Crippen molar-refractivity contribution in [1.29, 1.82) is 0 Å². The average molecular weight is 1440 g/mol. The van der Waals surface area contributed by atoms with Gasteiger partial charge in [0.05, 0.1) is 13.1 Å². The van der Waals surface area contributed by atoms with Gasteiger partial charge in [0.1, 0.15) is 0 Å². The summed E-state index contributed by atoms with van der Waals surface area (Å²) in [4.78, 5) is 91.2. The Balaban J connectivity index is 0.000000134. The Hall–Kier alpha value is -7.21. The van der Waals surface area contributed by atoms with E-state index in [-0.39, 0.29) is 61.8 Å². The number of aromatic amines is 2. The number of aryl methyl sites for hydroxylation is 2. The van der Waals surface area contributed by atoms with Gasteiger partial charge in [-0.1, -0.05) is 73.3 Å². The SMILES string of the molecule is CCn1c(=O)c2c(nc(Br)n2Cc2cc3c(cc2Cl)OCO3)n(C)c1=O.ClCc1cc2c(cc1Cl)OCO2.Cn1c(=O)[nH]c2nc(Br)[nH]c2c1=O.Cn1c(=O)c2c(nc(NC3CCCCC3)n2Cc2cc3c(cc2Cl)OCO3)n(C)c1=O.NC1CCCCC1. The largest absolute Gasteiger partial charge is 0.454 e. The number of rotatable bonds is 8. The zero-order chi connectivity index (χ0) is 63.5. The lowest BCUT2D eigenvalue weighted by Crippen LogP contribution is -2.39. The Bertz CT molecular complexity index is 4540. The quantitative estimate of drug-likeness (QED) is 0.0818. The van der Waals surface area contributed by atoms with Gasteiger partial charge in [-0.3, -0.25) is 46.8 Å². The van der Waals surface area contributed by atoms with Crippen molar-refractivity contribution in [3.63, 3.8) is 0 Å². The molecule has 3 aliphatic heterocycles. The molecule has 0 atom stereocenters. The Morgan fingerprint density at radius 1 is 0.562 bits per heavy atom. The van der Waals surface area contributed by atoms with Crippen molar-refractivity contribution in [2.75, 3.05) is 25.7 Å². The van der Waals surface area contributed by atoms with Crippen molar-refractivity contribution in [1.82, 2.24) is 56.9 Å². The maximum Gasteiger partial charge on any atom is 0.332 e. The number of alkyl halides is 1. The summed E-state index contributed by atoms with van der Waals surface area (Å²) in [6.07, 6.45) is 12.3. The summed E-state index contributed by atoms with van der Waals surface area (Å²) in [6, 6.07) is 11.4. The first kappa shape index (κ1) is 64.8. The van der Waals surface area contributed by atoms with Crippen LogP contribution in [0.3, 0.4) is 0 Å². The van der Waals surface area contributed by atoms with E-state index in [4.69, 9.17) is 80.6 Å². The summed E-state index contributed by atoms with van der Waals surface area (Å²) in [6.45, 7) is 3.17. The van der Waals surface area contributed by atoms with Crippen LogP contribution < -0.4 is 73.2 Å². The molecule has 0 saturated heterocycles. The summed E-state index contributed by atoms with van der Waals surface area (Å²) in [5.74, 6) is 4.76. The van der Waals surface area contributed by atoms with Crippen LogP contribution in [-0.4, -0.2) is 89.4 Å². The van der Waals surface area contributed by atoms with Crippen molar-refractivity contribution >= 4 is 118 Å². The van der Waals surface area contributed by atoms with E-state index >= 15 is 0 Å². The van der Waals surface area contributed by atoms with Crippen molar-refractivity contribution in [2.45, 2.75) is 109 Å². The van der Waals surface area contributed by atoms with Gasteiger partial charge in [0, 0.05) is 86.0 Å². The molecule has 14 rings (SSSR count). The molecule has 2 fully saturated rings. The standard InChI is InChI=1S/C21H24ClN5O4.C16H14BrClN4O4.C8H6Cl2O2.C6H5BrN4O2.C6H13N/c1-25-18-17(19(28)26(2)21(25)29)27(20(24-18)23-13-6-4-3-5-7-13)10-12-8-15-16(9-14(12)22)31-11-30-15;1-3-21-14(23)12-13(20(2)16(21)24)19-15(17)22(12)6-8-4-10-11(5-9(8)18)26-7-25-10;9-3-5-1-7-8(2-6(5)10)12-4-11-7;1-11-4(12)2-3(10-6(11)13)9-5(7)8-2;7-6-4-2-1-3-5-6/h8-9,13H,3-7,10-11H2,1-2H3,(H,23,24);4-5H,3,6-7H2,1-2H3;1-2H,3-4H2;1H3,(H,8,9)(H,10,13);6H,1-5,7H2. The van der Waals surface area contributed by atoms with E-state index in [1.54, 1.807) is 55.9 Å². The third-order valence-electron chi connectivity index (χ3n) is 15.6. The molecule has 5 N–H and O–H groups in total. The number of nitrogens with two attached hydrogens (primary N) is 1. The normalized spacial score (nSPS) is 14.8. The molecule has 9 heterocycles. The number of imidazole rings is 3. The first-order chi connectivity index (χ1) is 42.6. The van der Waals surface area contributed by atoms with Crippen LogP contribution >= 0.6 is 78.3 Å². The van der Waals surface area contributed by atoms with Crippen LogP contribution in [0.1, 0.15) is 87.8 Å². The first-order valence-electron chi connectivity index (χ1n) is 28.3. The number of nitrogens with zero attached hydrogens (tertiary/aromatic N) is 10. The van der Waals surface area contributed by atoms with E-state index in [1.807, 2.05) is 10.6 Å². The zero-order valence-corrected chi connectivity index (χ0v) is 55.1. The summed E-state index contributed by atoms with van der Waals surface area (Å²) in [7, 11) is 6.09. The minimum Gasteiger partial charge on any atom is -0.454 e. The average Bonchev–Trinajstić information content (AvgIpc) is 1.65. The number of nitrogens with one attached hydrogen (secondary N) is 3. The predicted molar refractivity (Wildman–Crippen MR) is 345 cm³/mol. The highest BCUT2D eigenvalue weighted by molar-refractivity contribution is 9.10. The smallest absolute Gasteiger partial charge is 0.332 e. The highest BCUT2D eigenvalue weighted by Gasteiger charge is 2.26. The second-order valence-corrected chi connectivity index (χ2v) is 24.3. The topological polar surface area (TPSA) is 301 Å². The van der Waals surface area contributed by atoms with Gasteiger partial charge in [-0.05, 0) is 99.4 Å². The van der Waals surface area contributed by atoms with E-state index in [1.165, 1.54) is 66.3 Å². The lowest BCUT2D eigenvalue weighted by molar-refractivity contribution is 0.173. The molecular formula is C57H62Br2Cl4N14O12.